The van der Waals surface area contributed by atoms with E-state index in [1.165, 1.54) is 11.0 Å². The Morgan fingerprint density at radius 2 is 2.05 bits per heavy atom. The lowest BCUT2D eigenvalue weighted by atomic mass is 10.1. The van der Waals surface area contributed by atoms with Crippen molar-refractivity contribution < 1.29 is 13.6 Å². The van der Waals surface area contributed by atoms with E-state index >= 15 is 0 Å². The molecule has 6 heteroatoms. The van der Waals surface area contributed by atoms with Crippen LogP contribution in [0.3, 0.4) is 0 Å². The van der Waals surface area contributed by atoms with Crippen molar-refractivity contribution in [1.29, 1.82) is 0 Å². The molecule has 0 N–H and O–H groups in total. The highest BCUT2D eigenvalue weighted by atomic mass is 19.2. The number of amides is 1. The first-order chi connectivity index (χ1) is 8.88. The molecule has 0 radical (unpaired) electrons. The zero-order chi connectivity index (χ0) is 14.6. The summed E-state index contributed by atoms with van der Waals surface area (Å²) in [5, 5.41) is 0. The zero-order valence-electron chi connectivity index (χ0n) is 11.7. The molecule has 1 rings (SSSR count). The smallest absolute Gasteiger partial charge is 0.257 e. The van der Waals surface area contributed by atoms with Gasteiger partial charge in [0.25, 0.3) is 5.91 Å². The van der Waals surface area contributed by atoms with Crippen LogP contribution >= 0.6 is 0 Å². The average molecular weight is 271 g/mol. The van der Waals surface area contributed by atoms with Crippen LogP contribution in [0.1, 0.15) is 24.2 Å². The fraction of sp³-hybridized carbons (Fsp3) is 0.538. The van der Waals surface area contributed by atoms with Gasteiger partial charge in [-0.05, 0) is 34.0 Å². The molecule has 1 atom stereocenters. The lowest BCUT2D eigenvalue weighted by Crippen LogP contribution is -2.44. The summed E-state index contributed by atoms with van der Waals surface area (Å²) in [6.45, 7) is 4.75. The summed E-state index contributed by atoms with van der Waals surface area (Å²) in [5.74, 6) is -2.96. The third-order valence-electron chi connectivity index (χ3n) is 2.84. The molecule has 1 aromatic rings. The van der Waals surface area contributed by atoms with Crippen LogP contribution in [0.15, 0.2) is 12.3 Å². The fourth-order valence-corrected chi connectivity index (χ4v) is 2.02. The number of halogens is 2. The number of carbonyl (C=O) groups is 1. The van der Waals surface area contributed by atoms with Gasteiger partial charge in [0.1, 0.15) is 0 Å². The molecule has 1 heterocycles. The summed E-state index contributed by atoms with van der Waals surface area (Å²) in [6.07, 6.45) is 1.09. The Hall–Kier alpha value is -1.56. The summed E-state index contributed by atoms with van der Waals surface area (Å²) in [6, 6.07) is 1.11. The standard InChI is InChI=1S/C13H19F2N3O/c1-5-18(9(2)8-17(3)4)13(19)10-6-7-16-12(15)11(10)14/h6-7,9H,5,8H2,1-4H3. The minimum absolute atomic E-state index is 0.0943. The first-order valence-corrected chi connectivity index (χ1v) is 6.14. The van der Waals surface area contributed by atoms with Gasteiger partial charge < -0.3 is 9.80 Å². The van der Waals surface area contributed by atoms with Gasteiger partial charge in [-0.3, -0.25) is 4.79 Å². The molecule has 0 fully saturated rings. The molecule has 0 spiro atoms. The van der Waals surface area contributed by atoms with Crippen molar-refractivity contribution in [2.24, 2.45) is 0 Å². The van der Waals surface area contributed by atoms with E-state index in [-0.39, 0.29) is 11.6 Å². The quantitative estimate of drug-likeness (QED) is 0.766. The number of aromatic nitrogens is 1. The molecule has 1 unspecified atom stereocenters. The summed E-state index contributed by atoms with van der Waals surface area (Å²) in [7, 11) is 3.78. The van der Waals surface area contributed by atoms with Gasteiger partial charge >= 0.3 is 0 Å². The van der Waals surface area contributed by atoms with Crippen LogP contribution < -0.4 is 0 Å². The SMILES string of the molecule is CCN(C(=O)c1ccnc(F)c1F)C(C)CN(C)C. The number of pyridine rings is 1. The van der Waals surface area contributed by atoms with E-state index in [9.17, 15) is 13.6 Å². The van der Waals surface area contributed by atoms with E-state index < -0.39 is 17.7 Å². The largest absolute Gasteiger partial charge is 0.335 e. The van der Waals surface area contributed by atoms with Gasteiger partial charge in [-0.2, -0.15) is 4.39 Å². The molecule has 0 aromatic carbocycles. The molecule has 0 bridgehead atoms. The highest BCUT2D eigenvalue weighted by molar-refractivity contribution is 5.94. The van der Waals surface area contributed by atoms with Gasteiger partial charge in [-0.25, -0.2) is 9.37 Å². The van der Waals surface area contributed by atoms with Crippen LogP contribution in [0, 0.1) is 11.8 Å². The van der Waals surface area contributed by atoms with Crippen LogP contribution in [0.4, 0.5) is 8.78 Å². The van der Waals surface area contributed by atoms with E-state index in [0.29, 0.717) is 13.1 Å². The Labute approximate surface area is 112 Å². The number of nitrogens with zero attached hydrogens (tertiary/aromatic N) is 3. The molecule has 106 valence electrons. The maximum atomic E-state index is 13.6. The first-order valence-electron chi connectivity index (χ1n) is 6.14. The fourth-order valence-electron chi connectivity index (χ4n) is 2.02. The molecule has 0 saturated heterocycles. The number of hydrogen-bond donors (Lipinski definition) is 0. The van der Waals surface area contributed by atoms with Crippen molar-refractivity contribution in [3.8, 4) is 0 Å². The first kappa shape index (κ1) is 15.5. The Kier molecular flexibility index (Phi) is 5.35. The van der Waals surface area contributed by atoms with Crippen LogP contribution in [0.5, 0.6) is 0 Å². The number of hydrogen-bond acceptors (Lipinski definition) is 3. The van der Waals surface area contributed by atoms with Crippen molar-refractivity contribution in [3.63, 3.8) is 0 Å². The van der Waals surface area contributed by atoms with Crippen LogP contribution in [0.25, 0.3) is 0 Å². The highest BCUT2D eigenvalue weighted by Gasteiger charge is 2.24. The van der Waals surface area contributed by atoms with E-state index in [0.717, 1.165) is 6.20 Å². The van der Waals surface area contributed by atoms with Gasteiger partial charge in [0.15, 0.2) is 5.82 Å². The highest BCUT2D eigenvalue weighted by Crippen LogP contribution is 2.14. The van der Waals surface area contributed by atoms with Crippen LogP contribution in [0.2, 0.25) is 0 Å². The maximum absolute atomic E-state index is 13.6. The van der Waals surface area contributed by atoms with Crippen molar-refractivity contribution in [2.45, 2.75) is 19.9 Å². The number of rotatable bonds is 5. The van der Waals surface area contributed by atoms with E-state index in [1.807, 2.05) is 25.9 Å². The molecule has 0 saturated carbocycles. The molecule has 0 aliphatic carbocycles. The third-order valence-corrected chi connectivity index (χ3v) is 2.84. The lowest BCUT2D eigenvalue weighted by molar-refractivity contribution is 0.0672. The second-order valence-electron chi connectivity index (χ2n) is 4.67. The van der Waals surface area contributed by atoms with Gasteiger partial charge in [-0.15, -0.1) is 0 Å². The monoisotopic (exact) mass is 271 g/mol. The van der Waals surface area contributed by atoms with Crippen LogP contribution in [-0.2, 0) is 0 Å². The van der Waals surface area contributed by atoms with Gasteiger partial charge in [-0.1, -0.05) is 0 Å². The van der Waals surface area contributed by atoms with Crippen molar-refractivity contribution in [1.82, 2.24) is 14.8 Å². The van der Waals surface area contributed by atoms with Gasteiger partial charge in [0, 0.05) is 25.3 Å². The van der Waals surface area contributed by atoms with Crippen LogP contribution in [-0.4, -0.2) is 53.9 Å². The molecule has 1 amide bonds. The topological polar surface area (TPSA) is 36.4 Å². The Morgan fingerprint density at radius 1 is 1.42 bits per heavy atom. The Bertz CT molecular complexity index is 452. The normalized spacial score (nSPS) is 12.6. The van der Waals surface area contributed by atoms with E-state index in [4.69, 9.17) is 0 Å². The minimum atomic E-state index is -1.25. The summed E-state index contributed by atoms with van der Waals surface area (Å²) >= 11 is 0. The molecular formula is C13H19F2N3O. The molecular weight excluding hydrogens is 252 g/mol. The predicted octanol–water partition coefficient (Wildman–Crippen LogP) is 1.77. The third kappa shape index (κ3) is 3.70. The predicted molar refractivity (Wildman–Crippen MR) is 68.9 cm³/mol. The molecule has 0 aliphatic rings. The van der Waals surface area contributed by atoms with Crippen molar-refractivity contribution in [2.75, 3.05) is 27.2 Å². The summed E-state index contributed by atoms with van der Waals surface area (Å²) < 4.78 is 26.6. The van der Waals surface area contributed by atoms with Gasteiger partial charge in [0.05, 0.1) is 5.56 Å². The lowest BCUT2D eigenvalue weighted by Gasteiger charge is -2.30. The number of likely N-dealkylation sites (N-methyl/N-ethyl adjacent to an activating group) is 2. The average Bonchev–Trinajstić information content (AvgIpc) is 2.32. The second kappa shape index (κ2) is 6.56. The minimum Gasteiger partial charge on any atom is -0.335 e. The number of carbonyl (C=O) groups excluding carboxylic acids is 1. The van der Waals surface area contributed by atoms with Gasteiger partial charge in [0.2, 0.25) is 5.95 Å². The molecule has 4 nitrogen and oxygen atoms in total. The molecule has 0 aliphatic heterocycles. The summed E-state index contributed by atoms with van der Waals surface area (Å²) in [5.41, 5.74) is -0.278. The van der Waals surface area contributed by atoms with E-state index in [1.54, 1.807) is 6.92 Å². The Balaban J connectivity index is 2.98. The maximum Gasteiger partial charge on any atom is 0.257 e. The Morgan fingerprint density at radius 3 is 2.58 bits per heavy atom. The second-order valence-corrected chi connectivity index (χ2v) is 4.67. The van der Waals surface area contributed by atoms with Crippen molar-refractivity contribution >= 4 is 5.91 Å². The van der Waals surface area contributed by atoms with Crippen molar-refractivity contribution in [3.05, 3.63) is 29.6 Å². The van der Waals surface area contributed by atoms with E-state index in [2.05, 4.69) is 4.98 Å². The molecule has 19 heavy (non-hydrogen) atoms. The zero-order valence-corrected chi connectivity index (χ0v) is 11.7. The molecule has 1 aromatic heterocycles. The summed E-state index contributed by atoms with van der Waals surface area (Å²) in [4.78, 5) is 18.9.